The van der Waals surface area contributed by atoms with Gasteiger partial charge in [0.05, 0.1) is 19.3 Å². The molecule has 0 aromatic carbocycles. The maximum Gasteiger partial charge on any atom is 0.275 e. The highest BCUT2D eigenvalue weighted by molar-refractivity contribution is 7.20. The molecule has 2 fully saturated rings. The normalized spacial score (nSPS) is 21.7. The molecule has 0 bridgehead atoms. The van der Waals surface area contributed by atoms with Crippen LogP contribution in [0.25, 0.3) is 4.96 Å². The van der Waals surface area contributed by atoms with Crippen molar-refractivity contribution < 1.29 is 9.47 Å². The van der Waals surface area contributed by atoms with Gasteiger partial charge >= 0.3 is 0 Å². The van der Waals surface area contributed by atoms with Crippen LogP contribution >= 0.6 is 11.3 Å². The SMILES string of the molecule is CCCc1cc(=O)n2nc(N3CCC(OCC4CCOC4)CC3)sc2n1. The van der Waals surface area contributed by atoms with Crippen LogP contribution in [0.2, 0.25) is 0 Å². The summed E-state index contributed by atoms with van der Waals surface area (Å²) in [6, 6.07) is 1.60. The Morgan fingerprint density at radius 1 is 1.35 bits per heavy atom. The zero-order valence-corrected chi connectivity index (χ0v) is 16.0. The summed E-state index contributed by atoms with van der Waals surface area (Å²) in [7, 11) is 0. The number of nitrogens with zero attached hydrogens (tertiary/aromatic N) is 4. The zero-order valence-electron chi connectivity index (χ0n) is 15.2. The summed E-state index contributed by atoms with van der Waals surface area (Å²) < 4.78 is 12.9. The van der Waals surface area contributed by atoms with Crippen molar-refractivity contribution in [1.82, 2.24) is 14.6 Å². The van der Waals surface area contributed by atoms with Crippen molar-refractivity contribution in [2.45, 2.75) is 45.1 Å². The maximum absolute atomic E-state index is 12.3. The molecule has 1 atom stereocenters. The number of fused-ring (bicyclic) bond motifs is 1. The molecule has 2 aliphatic rings. The van der Waals surface area contributed by atoms with Gasteiger partial charge in [-0.25, -0.2) is 4.98 Å². The molecule has 4 rings (SSSR count). The average Bonchev–Trinajstić information content (AvgIpc) is 3.30. The molecule has 142 valence electrons. The Labute approximate surface area is 156 Å². The Morgan fingerprint density at radius 3 is 2.92 bits per heavy atom. The van der Waals surface area contributed by atoms with Gasteiger partial charge in [-0.3, -0.25) is 4.79 Å². The van der Waals surface area contributed by atoms with Crippen molar-refractivity contribution in [2.24, 2.45) is 5.92 Å². The van der Waals surface area contributed by atoms with Gasteiger partial charge in [-0.15, -0.1) is 5.10 Å². The van der Waals surface area contributed by atoms with Gasteiger partial charge < -0.3 is 14.4 Å². The molecule has 0 saturated carbocycles. The molecule has 7 nitrogen and oxygen atoms in total. The van der Waals surface area contributed by atoms with E-state index in [2.05, 4.69) is 21.9 Å². The van der Waals surface area contributed by atoms with Crippen LogP contribution < -0.4 is 10.5 Å². The largest absolute Gasteiger partial charge is 0.381 e. The fourth-order valence-electron chi connectivity index (χ4n) is 3.56. The lowest BCUT2D eigenvalue weighted by molar-refractivity contribution is 0.0131. The molecule has 2 aromatic rings. The molecule has 8 heteroatoms. The maximum atomic E-state index is 12.3. The summed E-state index contributed by atoms with van der Waals surface area (Å²) in [6.07, 6.45) is 5.23. The minimum absolute atomic E-state index is 0.0852. The second kappa shape index (κ2) is 8.02. The van der Waals surface area contributed by atoms with Crippen molar-refractivity contribution in [3.05, 3.63) is 22.1 Å². The molecular formula is C18H26N4O3S. The Morgan fingerprint density at radius 2 is 2.19 bits per heavy atom. The molecule has 0 aliphatic carbocycles. The smallest absolute Gasteiger partial charge is 0.275 e. The second-order valence-electron chi connectivity index (χ2n) is 7.16. The predicted molar refractivity (Wildman–Crippen MR) is 101 cm³/mol. The lowest BCUT2D eigenvalue weighted by Crippen LogP contribution is -2.37. The number of aromatic nitrogens is 3. The first kappa shape index (κ1) is 17.9. The monoisotopic (exact) mass is 378 g/mol. The summed E-state index contributed by atoms with van der Waals surface area (Å²) in [4.78, 5) is 19.8. The summed E-state index contributed by atoms with van der Waals surface area (Å²) in [5.41, 5.74) is 0.772. The van der Waals surface area contributed by atoms with Crippen LogP contribution in [0.5, 0.6) is 0 Å². The topological polar surface area (TPSA) is 69.0 Å². The lowest BCUT2D eigenvalue weighted by Gasteiger charge is -2.31. The Bertz CT molecular complexity index is 791. The van der Waals surface area contributed by atoms with Crippen LogP contribution in [0.4, 0.5) is 5.13 Å². The lowest BCUT2D eigenvalue weighted by atomic mass is 10.1. The quantitative estimate of drug-likeness (QED) is 0.767. The van der Waals surface area contributed by atoms with Gasteiger partial charge in [0.2, 0.25) is 10.1 Å². The second-order valence-corrected chi connectivity index (χ2v) is 8.10. The fraction of sp³-hybridized carbons (Fsp3) is 0.722. The number of anilines is 1. The van der Waals surface area contributed by atoms with E-state index in [1.54, 1.807) is 6.07 Å². The Kier molecular flexibility index (Phi) is 5.52. The summed E-state index contributed by atoms with van der Waals surface area (Å²) in [5.74, 6) is 0.563. The third kappa shape index (κ3) is 3.92. The third-order valence-corrected chi connectivity index (χ3v) is 6.07. The highest BCUT2D eigenvalue weighted by Crippen LogP contribution is 2.26. The van der Waals surface area contributed by atoms with Crippen LogP contribution in [-0.4, -0.2) is 53.6 Å². The van der Waals surface area contributed by atoms with E-state index in [-0.39, 0.29) is 5.56 Å². The van der Waals surface area contributed by atoms with Crippen LogP contribution in [-0.2, 0) is 15.9 Å². The molecule has 1 unspecified atom stereocenters. The first-order valence-electron chi connectivity index (χ1n) is 9.57. The Hall–Kier alpha value is -1.51. The van der Waals surface area contributed by atoms with Crippen LogP contribution in [0.15, 0.2) is 10.9 Å². The van der Waals surface area contributed by atoms with E-state index in [4.69, 9.17) is 9.47 Å². The number of rotatable bonds is 6. The van der Waals surface area contributed by atoms with E-state index < -0.39 is 0 Å². The van der Waals surface area contributed by atoms with Gasteiger partial charge in [-0.1, -0.05) is 24.7 Å². The van der Waals surface area contributed by atoms with Gasteiger partial charge in [0.1, 0.15) is 0 Å². The molecule has 0 N–H and O–H groups in total. The molecule has 2 aliphatic heterocycles. The van der Waals surface area contributed by atoms with Gasteiger partial charge in [0, 0.05) is 37.4 Å². The standard InChI is InChI=1S/C18H26N4O3S/c1-2-3-14-10-16(23)22-17(19-14)26-18(20-22)21-7-4-15(5-8-21)25-12-13-6-9-24-11-13/h10,13,15H,2-9,11-12H2,1H3. The van der Waals surface area contributed by atoms with Crippen LogP contribution in [0.3, 0.4) is 0 Å². The summed E-state index contributed by atoms with van der Waals surface area (Å²) >= 11 is 1.50. The van der Waals surface area contributed by atoms with Crippen LogP contribution in [0.1, 0.15) is 38.3 Å². The van der Waals surface area contributed by atoms with Crippen LogP contribution in [0, 0.1) is 5.92 Å². The van der Waals surface area contributed by atoms with Crippen molar-refractivity contribution in [3.8, 4) is 0 Å². The van der Waals surface area contributed by atoms with E-state index in [1.165, 1.54) is 15.9 Å². The van der Waals surface area contributed by atoms with Gasteiger partial charge in [-0.05, 0) is 25.7 Å². The number of ether oxygens (including phenoxy) is 2. The molecule has 0 amide bonds. The number of piperidine rings is 1. The van der Waals surface area contributed by atoms with E-state index in [1.807, 2.05) is 0 Å². The molecular weight excluding hydrogens is 352 g/mol. The van der Waals surface area contributed by atoms with Crippen molar-refractivity contribution in [2.75, 3.05) is 37.8 Å². The van der Waals surface area contributed by atoms with Gasteiger partial charge in [-0.2, -0.15) is 4.52 Å². The summed E-state index contributed by atoms with van der Waals surface area (Å²) in [5, 5.41) is 5.38. The van der Waals surface area contributed by atoms with Gasteiger partial charge in [0.15, 0.2) is 0 Å². The minimum Gasteiger partial charge on any atom is -0.381 e. The minimum atomic E-state index is -0.0852. The molecule has 26 heavy (non-hydrogen) atoms. The molecule has 2 aromatic heterocycles. The van der Waals surface area contributed by atoms with E-state index in [0.29, 0.717) is 17.0 Å². The first-order valence-corrected chi connectivity index (χ1v) is 10.4. The predicted octanol–water partition coefficient (Wildman–Crippen LogP) is 2.13. The highest BCUT2D eigenvalue weighted by Gasteiger charge is 2.24. The van der Waals surface area contributed by atoms with Gasteiger partial charge in [0.25, 0.3) is 5.56 Å². The van der Waals surface area contributed by atoms with E-state index in [0.717, 1.165) is 75.8 Å². The highest BCUT2D eigenvalue weighted by atomic mass is 32.1. The number of hydrogen-bond acceptors (Lipinski definition) is 7. The number of hydrogen-bond donors (Lipinski definition) is 0. The van der Waals surface area contributed by atoms with E-state index >= 15 is 0 Å². The first-order chi connectivity index (χ1) is 12.7. The molecule has 4 heterocycles. The summed E-state index contributed by atoms with van der Waals surface area (Å²) in [6.45, 7) is 6.42. The van der Waals surface area contributed by atoms with Crippen molar-refractivity contribution in [1.29, 1.82) is 0 Å². The third-order valence-electron chi connectivity index (χ3n) is 5.10. The van der Waals surface area contributed by atoms with Crippen molar-refractivity contribution >= 4 is 21.4 Å². The molecule has 0 spiro atoms. The molecule has 0 radical (unpaired) electrons. The van der Waals surface area contributed by atoms with Crippen molar-refractivity contribution in [3.63, 3.8) is 0 Å². The Balaban J connectivity index is 1.37. The fourth-order valence-corrected chi connectivity index (χ4v) is 4.54. The average molecular weight is 378 g/mol. The molecule has 2 saturated heterocycles. The zero-order chi connectivity index (χ0) is 17.9. The number of aryl methyl sites for hydroxylation is 1. The van der Waals surface area contributed by atoms with E-state index in [9.17, 15) is 4.79 Å².